The molecule has 34 heavy (non-hydrogen) atoms. The predicted octanol–water partition coefficient (Wildman–Crippen LogP) is 1.46. The molecule has 184 valence electrons. The number of hydrogen-bond donors (Lipinski definition) is 3. The number of nitrogens with one attached hydrogen (secondary N) is 2. The zero-order chi connectivity index (χ0) is 25.1. The first-order valence-corrected chi connectivity index (χ1v) is 11.4. The molecule has 2 atom stereocenters. The molecule has 0 aliphatic carbocycles. The molecule has 3 amide bonds. The SMILES string of the molecule is COc1ccc(C(C)(C(=O)N2CCCC2)n2cnc(NC(=O)C(C)NC(=O)C(C)(C)N)c2)cc1. The second-order valence-corrected chi connectivity index (χ2v) is 9.37. The van der Waals surface area contributed by atoms with E-state index in [0.29, 0.717) is 18.8 Å². The smallest absolute Gasteiger partial charge is 0.253 e. The summed E-state index contributed by atoms with van der Waals surface area (Å²) in [5, 5.41) is 5.28. The van der Waals surface area contributed by atoms with E-state index in [4.69, 9.17) is 10.5 Å². The number of rotatable bonds is 8. The molecule has 1 aliphatic heterocycles. The number of methoxy groups -OCH3 is 1. The fraction of sp³-hybridized carbons (Fsp3) is 0.500. The molecular formula is C24H34N6O4. The van der Waals surface area contributed by atoms with Crippen LogP contribution in [0.2, 0.25) is 0 Å². The third kappa shape index (κ3) is 5.22. The molecule has 0 bridgehead atoms. The Kier molecular flexibility index (Phi) is 7.30. The zero-order valence-corrected chi connectivity index (χ0v) is 20.4. The summed E-state index contributed by atoms with van der Waals surface area (Å²) in [6, 6.07) is 6.52. The number of imidazole rings is 1. The highest BCUT2D eigenvalue weighted by atomic mass is 16.5. The van der Waals surface area contributed by atoms with Crippen molar-refractivity contribution in [3.63, 3.8) is 0 Å². The van der Waals surface area contributed by atoms with Crippen molar-refractivity contribution in [2.75, 3.05) is 25.5 Å². The summed E-state index contributed by atoms with van der Waals surface area (Å²) in [4.78, 5) is 44.5. The standard InChI is InChI=1S/C24H34N6O4/c1-16(27-21(32)23(2,3)25)20(31)28-19-14-30(15-26-19)24(4,22(33)29-12-6-7-13-29)17-8-10-18(34-5)11-9-17/h8-11,14-16H,6-7,12-13,25H2,1-5H3,(H,27,32)(H,28,31). The Morgan fingerprint density at radius 2 is 1.74 bits per heavy atom. The molecule has 0 radical (unpaired) electrons. The Hall–Kier alpha value is -3.40. The van der Waals surface area contributed by atoms with Crippen molar-refractivity contribution in [2.24, 2.45) is 5.73 Å². The van der Waals surface area contributed by atoms with Gasteiger partial charge in [0.05, 0.1) is 19.0 Å². The summed E-state index contributed by atoms with van der Waals surface area (Å²) in [7, 11) is 1.59. The first-order chi connectivity index (χ1) is 16.0. The van der Waals surface area contributed by atoms with Crippen LogP contribution in [0.5, 0.6) is 5.75 Å². The molecule has 1 fully saturated rings. The van der Waals surface area contributed by atoms with E-state index in [1.807, 2.05) is 36.1 Å². The second-order valence-electron chi connectivity index (χ2n) is 9.37. The number of ether oxygens (including phenoxy) is 1. The lowest BCUT2D eigenvalue weighted by Crippen LogP contribution is -2.54. The topological polar surface area (TPSA) is 132 Å². The maximum atomic E-state index is 13.7. The van der Waals surface area contributed by atoms with Crippen LogP contribution in [-0.2, 0) is 19.9 Å². The van der Waals surface area contributed by atoms with Crippen molar-refractivity contribution in [2.45, 2.75) is 57.7 Å². The molecule has 1 aliphatic rings. The lowest BCUT2D eigenvalue weighted by Gasteiger charge is -2.34. The number of benzene rings is 1. The van der Waals surface area contributed by atoms with E-state index >= 15 is 0 Å². The van der Waals surface area contributed by atoms with Gasteiger partial charge in [0.15, 0.2) is 5.82 Å². The van der Waals surface area contributed by atoms with E-state index < -0.39 is 28.9 Å². The van der Waals surface area contributed by atoms with Crippen LogP contribution in [0.15, 0.2) is 36.8 Å². The number of anilines is 1. The summed E-state index contributed by atoms with van der Waals surface area (Å²) in [6.45, 7) is 7.94. The number of hydrogen-bond acceptors (Lipinski definition) is 6. The minimum atomic E-state index is -1.10. The second kappa shape index (κ2) is 9.84. The van der Waals surface area contributed by atoms with Crippen LogP contribution < -0.4 is 21.1 Å². The lowest BCUT2D eigenvalue weighted by atomic mass is 9.90. The molecule has 2 unspecified atom stereocenters. The van der Waals surface area contributed by atoms with Crippen molar-refractivity contribution in [3.8, 4) is 5.75 Å². The largest absolute Gasteiger partial charge is 0.497 e. The normalized spacial score (nSPS) is 16.5. The van der Waals surface area contributed by atoms with Crippen molar-refractivity contribution < 1.29 is 19.1 Å². The summed E-state index contributed by atoms with van der Waals surface area (Å²) < 4.78 is 6.97. The van der Waals surface area contributed by atoms with Crippen LogP contribution in [0.1, 0.15) is 46.1 Å². The molecule has 1 aromatic carbocycles. The molecule has 2 heterocycles. The Labute approximate surface area is 199 Å². The molecule has 2 aromatic rings. The Balaban J connectivity index is 1.85. The number of likely N-dealkylation sites (tertiary alicyclic amines) is 1. The van der Waals surface area contributed by atoms with Gasteiger partial charge in [-0.2, -0.15) is 0 Å². The van der Waals surface area contributed by atoms with E-state index in [0.717, 1.165) is 18.4 Å². The maximum absolute atomic E-state index is 13.7. The van der Waals surface area contributed by atoms with Gasteiger partial charge in [-0.15, -0.1) is 0 Å². The average Bonchev–Trinajstić information content (AvgIpc) is 3.50. The highest BCUT2D eigenvalue weighted by Crippen LogP contribution is 2.32. The van der Waals surface area contributed by atoms with E-state index in [1.54, 1.807) is 38.6 Å². The number of carbonyl (C=O) groups is 3. The van der Waals surface area contributed by atoms with Gasteiger partial charge in [-0.25, -0.2) is 4.98 Å². The minimum Gasteiger partial charge on any atom is -0.497 e. The van der Waals surface area contributed by atoms with Crippen LogP contribution in [0.4, 0.5) is 5.82 Å². The molecule has 1 aromatic heterocycles. The summed E-state index contributed by atoms with van der Waals surface area (Å²) in [5.41, 5.74) is 4.37. The quantitative estimate of drug-likeness (QED) is 0.535. The van der Waals surface area contributed by atoms with Gasteiger partial charge in [0.25, 0.3) is 5.91 Å². The van der Waals surface area contributed by atoms with E-state index in [-0.39, 0.29) is 11.7 Å². The van der Waals surface area contributed by atoms with Crippen LogP contribution in [0.3, 0.4) is 0 Å². The number of nitrogens with zero attached hydrogens (tertiary/aromatic N) is 3. The van der Waals surface area contributed by atoms with Crippen LogP contribution >= 0.6 is 0 Å². The van der Waals surface area contributed by atoms with Crippen molar-refractivity contribution in [1.82, 2.24) is 19.8 Å². The summed E-state index contributed by atoms with van der Waals surface area (Å²) in [5.74, 6) is 0.0298. The third-order valence-corrected chi connectivity index (χ3v) is 6.14. The van der Waals surface area contributed by atoms with Crippen LogP contribution in [-0.4, -0.2) is 64.0 Å². The van der Waals surface area contributed by atoms with Crippen molar-refractivity contribution in [1.29, 1.82) is 0 Å². The van der Waals surface area contributed by atoms with Gasteiger partial charge in [-0.1, -0.05) is 12.1 Å². The first kappa shape index (κ1) is 25.2. The molecule has 1 saturated heterocycles. The number of nitrogens with two attached hydrogens (primary N) is 1. The Morgan fingerprint density at radius 3 is 2.29 bits per heavy atom. The lowest BCUT2D eigenvalue weighted by molar-refractivity contribution is -0.137. The van der Waals surface area contributed by atoms with Crippen LogP contribution in [0, 0.1) is 0 Å². The molecule has 10 nitrogen and oxygen atoms in total. The van der Waals surface area contributed by atoms with E-state index in [1.165, 1.54) is 6.33 Å². The fourth-order valence-corrected chi connectivity index (χ4v) is 3.84. The molecule has 0 saturated carbocycles. The highest BCUT2D eigenvalue weighted by molar-refractivity contribution is 5.97. The summed E-state index contributed by atoms with van der Waals surface area (Å²) in [6.07, 6.45) is 5.09. The minimum absolute atomic E-state index is 0.0451. The highest BCUT2D eigenvalue weighted by Gasteiger charge is 2.41. The van der Waals surface area contributed by atoms with Gasteiger partial charge in [-0.3, -0.25) is 14.4 Å². The van der Waals surface area contributed by atoms with E-state index in [2.05, 4.69) is 15.6 Å². The number of amides is 3. The summed E-state index contributed by atoms with van der Waals surface area (Å²) >= 11 is 0. The molecule has 0 spiro atoms. The number of carbonyl (C=O) groups excluding carboxylic acids is 3. The van der Waals surface area contributed by atoms with Gasteiger partial charge in [-0.05, 0) is 58.2 Å². The maximum Gasteiger partial charge on any atom is 0.253 e. The Bertz CT molecular complexity index is 1040. The molecule has 4 N–H and O–H groups in total. The number of aromatic nitrogens is 2. The molecular weight excluding hydrogens is 436 g/mol. The van der Waals surface area contributed by atoms with Gasteiger partial charge >= 0.3 is 0 Å². The van der Waals surface area contributed by atoms with Gasteiger partial charge in [0, 0.05) is 19.3 Å². The van der Waals surface area contributed by atoms with Crippen LogP contribution in [0.25, 0.3) is 0 Å². The molecule has 10 heteroatoms. The predicted molar refractivity (Wildman–Crippen MR) is 128 cm³/mol. The zero-order valence-electron chi connectivity index (χ0n) is 20.4. The molecule has 3 rings (SSSR count). The third-order valence-electron chi connectivity index (χ3n) is 6.14. The van der Waals surface area contributed by atoms with Gasteiger partial charge < -0.3 is 30.6 Å². The fourth-order valence-electron chi connectivity index (χ4n) is 3.84. The average molecular weight is 471 g/mol. The van der Waals surface area contributed by atoms with Crippen molar-refractivity contribution in [3.05, 3.63) is 42.4 Å². The van der Waals surface area contributed by atoms with Crippen molar-refractivity contribution >= 4 is 23.5 Å². The monoisotopic (exact) mass is 470 g/mol. The van der Waals surface area contributed by atoms with E-state index in [9.17, 15) is 14.4 Å². The first-order valence-electron chi connectivity index (χ1n) is 11.4. The van der Waals surface area contributed by atoms with Gasteiger partial charge in [0.2, 0.25) is 11.8 Å². The van der Waals surface area contributed by atoms with Gasteiger partial charge in [0.1, 0.15) is 17.3 Å². The Morgan fingerprint density at radius 1 is 1.12 bits per heavy atom.